The minimum Gasteiger partial charge on any atom is -0.449 e. The number of likely N-dealkylation sites (tertiary alicyclic amines) is 1. The van der Waals surface area contributed by atoms with Crippen molar-refractivity contribution in [1.82, 2.24) is 14.8 Å². The molecule has 1 saturated heterocycles. The molecule has 1 aliphatic rings. The van der Waals surface area contributed by atoms with E-state index in [9.17, 15) is 19.2 Å². The number of rotatable bonds is 9. The lowest BCUT2D eigenvalue weighted by Crippen LogP contribution is -2.43. The predicted octanol–water partition coefficient (Wildman–Crippen LogP) is 8.57. The number of pyridine rings is 1. The number of hydrogen-bond acceptors (Lipinski definition) is 8. The second-order valence-corrected chi connectivity index (χ2v) is 15.3. The van der Waals surface area contributed by atoms with E-state index in [0.717, 1.165) is 34.4 Å². The van der Waals surface area contributed by atoms with Crippen LogP contribution in [-0.4, -0.2) is 69.9 Å². The van der Waals surface area contributed by atoms with E-state index in [4.69, 9.17) is 14.2 Å². The third-order valence-electron chi connectivity index (χ3n) is 8.00. The molecule has 0 unspecified atom stereocenters. The molecule has 4 rings (SSSR count). The highest BCUT2D eigenvalue weighted by Gasteiger charge is 2.32. The van der Waals surface area contributed by atoms with Crippen molar-refractivity contribution in [2.24, 2.45) is 5.92 Å². The van der Waals surface area contributed by atoms with Crippen molar-refractivity contribution < 1.29 is 33.4 Å². The van der Waals surface area contributed by atoms with Crippen LogP contribution in [0.4, 0.5) is 20.1 Å². The molecule has 4 amide bonds. The number of imide groups is 1. The highest BCUT2D eigenvalue weighted by Crippen LogP contribution is 2.30. The van der Waals surface area contributed by atoms with Gasteiger partial charge in [0, 0.05) is 19.3 Å². The zero-order valence-corrected chi connectivity index (χ0v) is 31.2. The first-order valence-electron chi connectivity index (χ1n) is 17.5. The van der Waals surface area contributed by atoms with E-state index in [1.807, 2.05) is 73.3 Å². The molecule has 0 radical (unpaired) electrons. The maximum absolute atomic E-state index is 13.7. The molecule has 0 atom stereocenters. The molecular weight excluding hydrogens is 648 g/mol. The van der Waals surface area contributed by atoms with Crippen LogP contribution in [0.3, 0.4) is 0 Å². The quantitative estimate of drug-likeness (QED) is 0.204. The molecule has 2 heterocycles. The molecule has 0 bridgehead atoms. The van der Waals surface area contributed by atoms with Crippen LogP contribution in [0.25, 0.3) is 0 Å². The second-order valence-electron chi connectivity index (χ2n) is 15.3. The molecule has 51 heavy (non-hydrogen) atoms. The summed E-state index contributed by atoms with van der Waals surface area (Å²) < 4.78 is 16.6. The third kappa shape index (κ3) is 11.8. The van der Waals surface area contributed by atoms with E-state index in [1.165, 1.54) is 11.1 Å². The number of piperidine rings is 1. The van der Waals surface area contributed by atoms with Gasteiger partial charge >= 0.3 is 18.3 Å². The van der Waals surface area contributed by atoms with Crippen LogP contribution in [0.5, 0.6) is 0 Å². The number of carbonyl (C=O) groups excluding carboxylic acids is 4. The molecular formula is C40H52N4O7. The summed E-state index contributed by atoms with van der Waals surface area (Å²) in [6.45, 7) is 16.0. The Labute approximate surface area is 301 Å². The second kappa shape index (κ2) is 16.9. The Morgan fingerprint density at radius 1 is 0.784 bits per heavy atom. The van der Waals surface area contributed by atoms with Crippen molar-refractivity contribution in [1.29, 1.82) is 0 Å². The SMILES string of the molecule is CC(C)COC(=O)N(Cc1ccccc1)c1cncc(C(=O)N2CCC(c3cccc(CN(C(=O)OC(C)(C)C)C(=O)OC(C)(C)C)c3)CC2)c1. The van der Waals surface area contributed by atoms with E-state index in [1.54, 1.807) is 53.8 Å². The molecule has 1 aromatic heterocycles. The Balaban J connectivity index is 1.45. The van der Waals surface area contributed by atoms with Gasteiger partial charge in [-0.1, -0.05) is 68.4 Å². The van der Waals surface area contributed by atoms with Crippen LogP contribution in [0.15, 0.2) is 73.1 Å². The minimum atomic E-state index is -0.789. The summed E-state index contributed by atoms with van der Waals surface area (Å²) >= 11 is 0. The maximum atomic E-state index is 13.7. The van der Waals surface area contributed by atoms with Crippen molar-refractivity contribution >= 4 is 29.9 Å². The average Bonchev–Trinajstić information content (AvgIpc) is 3.07. The number of anilines is 1. The monoisotopic (exact) mass is 700 g/mol. The molecule has 11 heteroatoms. The number of aromatic nitrogens is 1. The van der Waals surface area contributed by atoms with Crippen LogP contribution in [-0.2, 0) is 27.3 Å². The smallest absolute Gasteiger partial charge is 0.420 e. The van der Waals surface area contributed by atoms with E-state index in [2.05, 4.69) is 4.98 Å². The summed E-state index contributed by atoms with van der Waals surface area (Å²) in [5.74, 6) is 0.192. The lowest BCUT2D eigenvalue weighted by molar-refractivity contribution is -0.000288. The van der Waals surface area contributed by atoms with Gasteiger partial charge in [-0.05, 0) is 89.0 Å². The zero-order valence-electron chi connectivity index (χ0n) is 31.2. The van der Waals surface area contributed by atoms with E-state index < -0.39 is 29.5 Å². The molecule has 0 aliphatic carbocycles. The number of amides is 4. The Hall–Kier alpha value is -4.93. The fourth-order valence-corrected chi connectivity index (χ4v) is 5.60. The fourth-order valence-electron chi connectivity index (χ4n) is 5.60. The Bertz CT molecular complexity index is 1630. The van der Waals surface area contributed by atoms with Crippen molar-refractivity contribution in [3.8, 4) is 0 Å². The summed E-state index contributed by atoms with van der Waals surface area (Å²) in [5, 5.41) is 0. The largest absolute Gasteiger partial charge is 0.449 e. The van der Waals surface area contributed by atoms with Gasteiger partial charge in [0.1, 0.15) is 11.2 Å². The van der Waals surface area contributed by atoms with Crippen LogP contribution in [0, 0.1) is 5.92 Å². The number of carbonyl (C=O) groups is 4. The molecule has 1 fully saturated rings. The van der Waals surface area contributed by atoms with E-state index in [-0.39, 0.29) is 37.4 Å². The third-order valence-corrected chi connectivity index (χ3v) is 8.00. The Morgan fingerprint density at radius 3 is 1.98 bits per heavy atom. The first-order chi connectivity index (χ1) is 24.0. The molecule has 0 saturated carbocycles. The van der Waals surface area contributed by atoms with Crippen molar-refractivity contribution in [3.05, 3.63) is 95.3 Å². The van der Waals surface area contributed by atoms with Gasteiger partial charge in [-0.2, -0.15) is 0 Å². The van der Waals surface area contributed by atoms with Gasteiger partial charge in [0.15, 0.2) is 0 Å². The molecule has 11 nitrogen and oxygen atoms in total. The van der Waals surface area contributed by atoms with Gasteiger partial charge in [0.2, 0.25) is 0 Å². The lowest BCUT2D eigenvalue weighted by Gasteiger charge is -2.33. The number of benzene rings is 2. The molecule has 2 aromatic carbocycles. The highest BCUT2D eigenvalue weighted by atomic mass is 16.6. The van der Waals surface area contributed by atoms with Crippen LogP contribution in [0.2, 0.25) is 0 Å². The first-order valence-corrected chi connectivity index (χ1v) is 17.5. The predicted molar refractivity (Wildman–Crippen MR) is 195 cm³/mol. The van der Waals surface area contributed by atoms with Crippen LogP contribution >= 0.6 is 0 Å². The molecule has 274 valence electrons. The standard InChI is InChI=1S/C40H52N4O7/c1-28(2)27-49-36(46)43(25-29-13-10-9-11-14-29)34-22-33(23-41-24-34)35(45)42-19-17-31(18-20-42)32-16-12-15-30(21-32)26-44(37(47)50-39(3,4)5)38(48)51-40(6,7)8/h9-16,21-24,28,31H,17-20,25-27H2,1-8H3. The van der Waals surface area contributed by atoms with Gasteiger partial charge in [-0.15, -0.1) is 0 Å². The van der Waals surface area contributed by atoms with Gasteiger partial charge in [-0.3, -0.25) is 14.7 Å². The van der Waals surface area contributed by atoms with Crippen LogP contribution < -0.4 is 4.90 Å². The average molecular weight is 701 g/mol. The topological polar surface area (TPSA) is 119 Å². The first kappa shape index (κ1) is 38.9. The summed E-state index contributed by atoms with van der Waals surface area (Å²) in [6, 6.07) is 19.1. The molecule has 0 N–H and O–H groups in total. The zero-order chi connectivity index (χ0) is 37.3. The van der Waals surface area contributed by atoms with Gasteiger partial charge in [0.05, 0.1) is 37.1 Å². The Kier molecular flexibility index (Phi) is 12.8. The number of nitrogens with zero attached hydrogens (tertiary/aromatic N) is 4. The summed E-state index contributed by atoms with van der Waals surface area (Å²) in [6.07, 6.45) is 2.51. The lowest BCUT2D eigenvalue weighted by atomic mass is 9.88. The summed E-state index contributed by atoms with van der Waals surface area (Å²) in [4.78, 5) is 61.7. The number of hydrogen-bond donors (Lipinski definition) is 0. The normalized spacial score (nSPS) is 13.8. The maximum Gasteiger partial charge on any atom is 0.420 e. The van der Waals surface area contributed by atoms with Crippen molar-refractivity contribution in [2.45, 2.75) is 98.4 Å². The summed E-state index contributed by atoms with van der Waals surface area (Å²) in [7, 11) is 0. The molecule has 0 spiro atoms. The molecule has 1 aliphatic heterocycles. The van der Waals surface area contributed by atoms with E-state index in [0.29, 0.717) is 24.3 Å². The van der Waals surface area contributed by atoms with Gasteiger partial charge < -0.3 is 19.1 Å². The van der Waals surface area contributed by atoms with Crippen molar-refractivity contribution in [2.75, 3.05) is 24.6 Å². The Morgan fingerprint density at radius 2 is 1.39 bits per heavy atom. The van der Waals surface area contributed by atoms with Crippen LogP contribution in [0.1, 0.15) is 101 Å². The highest BCUT2D eigenvalue weighted by molar-refractivity contribution is 5.96. The minimum absolute atomic E-state index is 0.00928. The number of ether oxygens (including phenoxy) is 3. The van der Waals surface area contributed by atoms with Crippen molar-refractivity contribution in [3.63, 3.8) is 0 Å². The van der Waals surface area contributed by atoms with Gasteiger partial charge in [0.25, 0.3) is 5.91 Å². The van der Waals surface area contributed by atoms with E-state index >= 15 is 0 Å². The summed E-state index contributed by atoms with van der Waals surface area (Å²) in [5.41, 5.74) is 2.05. The fraction of sp³-hybridized carbons (Fsp3) is 0.475. The van der Waals surface area contributed by atoms with Gasteiger partial charge in [-0.25, -0.2) is 19.3 Å². The molecule has 3 aromatic rings.